The summed E-state index contributed by atoms with van der Waals surface area (Å²) in [7, 11) is 0. The molecule has 1 atom stereocenters. The summed E-state index contributed by atoms with van der Waals surface area (Å²) in [6.07, 6.45) is -4.60. The minimum atomic E-state index is -4.35. The Hall–Kier alpha value is -1.86. The Morgan fingerprint density at radius 1 is 1.22 bits per heavy atom. The lowest BCUT2D eigenvalue weighted by molar-refractivity contribution is -0.137. The molecule has 2 rings (SSSR count). The molecule has 2 aromatic rings. The third-order valence-corrected chi connectivity index (χ3v) is 4.26. The van der Waals surface area contributed by atoms with E-state index in [1.807, 2.05) is 11.4 Å². The van der Waals surface area contributed by atoms with E-state index >= 15 is 0 Å². The van der Waals surface area contributed by atoms with Gasteiger partial charge in [-0.15, -0.1) is 11.3 Å². The second-order valence-electron chi connectivity index (χ2n) is 5.03. The standard InChI is InChI=1S/C16H16F3NO2S/c17-16(18,19)12-6-3-11(4-7-12)5-8-15(22)20-10-13(21)14-2-1-9-23-14/h1-4,6-7,9,13,21H,5,8,10H2,(H,20,22)/t13-/m0/s1. The van der Waals surface area contributed by atoms with Gasteiger partial charge in [0.15, 0.2) is 0 Å². The maximum absolute atomic E-state index is 12.4. The Morgan fingerprint density at radius 3 is 2.48 bits per heavy atom. The maximum Gasteiger partial charge on any atom is 0.416 e. The van der Waals surface area contributed by atoms with Crippen LogP contribution in [0.15, 0.2) is 41.8 Å². The van der Waals surface area contributed by atoms with E-state index in [1.165, 1.54) is 23.5 Å². The van der Waals surface area contributed by atoms with E-state index in [-0.39, 0.29) is 18.9 Å². The van der Waals surface area contributed by atoms with Crippen LogP contribution in [0.5, 0.6) is 0 Å². The van der Waals surface area contributed by atoms with Gasteiger partial charge < -0.3 is 10.4 Å². The minimum absolute atomic E-state index is 0.117. The first kappa shape index (κ1) is 17.5. The third kappa shape index (κ3) is 5.37. The number of nitrogens with one attached hydrogen (secondary N) is 1. The van der Waals surface area contributed by atoms with Crippen molar-refractivity contribution in [2.24, 2.45) is 0 Å². The smallest absolute Gasteiger partial charge is 0.386 e. The lowest BCUT2D eigenvalue weighted by Crippen LogP contribution is -2.28. The number of aliphatic hydroxyl groups excluding tert-OH is 1. The Balaban J connectivity index is 1.76. The summed E-state index contributed by atoms with van der Waals surface area (Å²) < 4.78 is 37.3. The highest BCUT2D eigenvalue weighted by Crippen LogP contribution is 2.29. The molecule has 1 aromatic heterocycles. The van der Waals surface area contributed by atoms with Crippen molar-refractivity contribution in [1.82, 2.24) is 5.32 Å². The van der Waals surface area contributed by atoms with E-state index in [2.05, 4.69) is 5.32 Å². The maximum atomic E-state index is 12.4. The van der Waals surface area contributed by atoms with Crippen molar-refractivity contribution in [3.05, 3.63) is 57.8 Å². The lowest BCUT2D eigenvalue weighted by atomic mass is 10.1. The molecule has 3 nitrogen and oxygen atoms in total. The normalized spacial score (nSPS) is 12.9. The average Bonchev–Trinajstić information content (AvgIpc) is 3.04. The number of hydrogen-bond acceptors (Lipinski definition) is 3. The number of aryl methyl sites for hydroxylation is 1. The molecule has 0 aliphatic carbocycles. The van der Waals surface area contributed by atoms with Crippen molar-refractivity contribution in [2.45, 2.75) is 25.1 Å². The predicted molar refractivity (Wildman–Crippen MR) is 82.1 cm³/mol. The van der Waals surface area contributed by atoms with Crippen LogP contribution in [0.25, 0.3) is 0 Å². The van der Waals surface area contributed by atoms with E-state index in [0.717, 1.165) is 17.0 Å². The first-order valence-electron chi connectivity index (χ1n) is 7.00. The van der Waals surface area contributed by atoms with E-state index < -0.39 is 17.8 Å². The number of benzene rings is 1. The summed E-state index contributed by atoms with van der Waals surface area (Å²) in [6.45, 7) is 0.117. The summed E-state index contributed by atoms with van der Waals surface area (Å²) in [6, 6.07) is 8.36. The SMILES string of the molecule is O=C(CCc1ccc(C(F)(F)F)cc1)NC[C@H](O)c1cccs1. The Morgan fingerprint density at radius 2 is 1.91 bits per heavy atom. The van der Waals surface area contributed by atoms with Crippen LogP contribution in [0.3, 0.4) is 0 Å². The number of carbonyl (C=O) groups excluding carboxylic acids is 1. The van der Waals surface area contributed by atoms with E-state index in [1.54, 1.807) is 6.07 Å². The molecule has 1 heterocycles. The van der Waals surface area contributed by atoms with Gasteiger partial charge in [0.1, 0.15) is 6.10 Å². The average molecular weight is 343 g/mol. The van der Waals surface area contributed by atoms with E-state index in [4.69, 9.17) is 0 Å². The van der Waals surface area contributed by atoms with Crippen molar-refractivity contribution in [1.29, 1.82) is 0 Å². The van der Waals surface area contributed by atoms with Gasteiger partial charge in [0, 0.05) is 17.8 Å². The first-order chi connectivity index (χ1) is 10.9. The molecule has 0 radical (unpaired) electrons. The Kier molecular flexibility index (Phi) is 5.79. The summed E-state index contributed by atoms with van der Waals surface area (Å²) in [4.78, 5) is 12.5. The molecule has 0 saturated heterocycles. The first-order valence-corrected chi connectivity index (χ1v) is 7.88. The fraction of sp³-hybridized carbons (Fsp3) is 0.312. The summed E-state index contributed by atoms with van der Waals surface area (Å²) in [5, 5.41) is 14.3. The van der Waals surface area contributed by atoms with Crippen molar-refractivity contribution in [2.75, 3.05) is 6.54 Å². The zero-order valence-corrected chi connectivity index (χ0v) is 13.0. The molecular weight excluding hydrogens is 327 g/mol. The Labute approximate surface area is 135 Å². The number of thiophene rings is 1. The van der Waals surface area contributed by atoms with Crippen molar-refractivity contribution >= 4 is 17.2 Å². The molecule has 0 fully saturated rings. The van der Waals surface area contributed by atoms with Crippen LogP contribution in [0.2, 0.25) is 0 Å². The molecule has 0 saturated carbocycles. The van der Waals surface area contributed by atoms with Gasteiger partial charge >= 0.3 is 6.18 Å². The third-order valence-electron chi connectivity index (χ3n) is 3.29. The largest absolute Gasteiger partial charge is 0.416 e. The van der Waals surface area contributed by atoms with Crippen LogP contribution >= 0.6 is 11.3 Å². The van der Waals surface area contributed by atoms with Crippen LogP contribution in [-0.2, 0) is 17.4 Å². The number of alkyl halides is 3. The zero-order chi connectivity index (χ0) is 16.9. The molecule has 0 spiro atoms. The van der Waals surface area contributed by atoms with Gasteiger partial charge in [-0.3, -0.25) is 4.79 Å². The number of carbonyl (C=O) groups is 1. The van der Waals surface area contributed by atoms with Gasteiger partial charge in [-0.25, -0.2) is 0 Å². The fourth-order valence-corrected chi connectivity index (χ4v) is 2.71. The lowest BCUT2D eigenvalue weighted by Gasteiger charge is -2.10. The van der Waals surface area contributed by atoms with Gasteiger partial charge in [0.25, 0.3) is 0 Å². The predicted octanol–water partition coefficient (Wildman–Crippen LogP) is 3.55. The fourth-order valence-electron chi connectivity index (χ4n) is 2.00. The van der Waals surface area contributed by atoms with Crippen molar-refractivity contribution in [3.63, 3.8) is 0 Å². The quantitative estimate of drug-likeness (QED) is 0.843. The van der Waals surface area contributed by atoms with Gasteiger partial charge in [0.05, 0.1) is 5.56 Å². The van der Waals surface area contributed by atoms with Crippen LogP contribution in [-0.4, -0.2) is 17.6 Å². The van der Waals surface area contributed by atoms with Crippen LogP contribution in [0.1, 0.15) is 28.5 Å². The van der Waals surface area contributed by atoms with Gasteiger partial charge in [-0.05, 0) is 35.6 Å². The molecular formula is C16H16F3NO2S. The van der Waals surface area contributed by atoms with Crippen LogP contribution in [0, 0.1) is 0 Å². The summed E-state index contributed by atoms with van der Waals surface area (Å²) in [5.41, 5.74) is -0.0447. The molecule has 0 aliphatic heterocycles. The van der Waals surface area contributed by atoms with E-state index in [9.17, 15) is 23.1 Å². The number of rotatable bonds is 6. The molecule has 0 unspecified atom stereocenters. The topological polar surface area (TPSA) is 49.3 Å². The molecule has 1 aromatic carbocycles. The van der Waals surface area contributed by atoms with E-state index in [0.29, 0.717) is 12.0 Å². The van der Waals surface area contributed by atoms with Gasteiger partial charge in [-0.2, -0.15) is 13.2 Å². The van der Waals surface area contributed by atoms with Crippen LogP contribution < -0.4 is 5.32 Å². The number of halogens is 3. The highest BCUT2D eigenvalue weighted by Gasteiger charge is 2.29. The number of aliphatic hydroxyl groups is 1. The minimum Gasteiger partial charge on any atom is -0.386 e. The van der Waals surface area contributed by atoms with Gasteiger partial charge in [-0.1, -0.05) is 18.2 Å². The molecule has 23 heavy (non-hydrogen) atoms. The summed E-state index contributed by atoms with van der Waals surface area (Å²) >= 11 is 1.40. The monoisotopic (exact) mass is 343 g/mol. The molecule has 0 bridgehead atoms. The summed E-state index contributed by atoms with van der Waals surface area (Å²) in [5.74, 6) is -0.250. The molecule has 7 heteroatoms. The number of amides is 1. The second kappa shape index (κ2) is 7.61. The highest BCUT2D eigenvalue weighted by molar-refractivity contribution is 7.10. The molecule has 0 aliphatic rings. The van der Waals surface area contributed by atoms with Crippen molar-refractivity contribution < 1.29 is 23.1 Å². The molecule has 1 amide bonds. The molecule has 2 N–H and O–H groups in total. The number of hydrogen-bond donors (Lipinski definition) is 2. The Bertz CT molecular complexity index is 624. The molecule has 124 valence electrons. The van der Waals surface area contributed by atoms with Crippen molar-refractivity contribution in [3.8, 4) is 0 Å². The zero-order valence-electron chi connectivity index (χ0n) is 12.1. The highest BCUT2D eigenvalue weighted by atomic mass is 32.1. The second-order valence-corrected chi connectivity index (χ2v) is 6.01. The van der Waals surface area contributed by atoms with Gasteiger partial charge in [0.2, 0.25) is 5.91 Å². The van der Waals surface area contributed by atoms with Crippen LogP contribution in [0.4, 0.5) is 13.2 Å².